The number of aromatic nitrogens is 2. The van der Waals surface area contributed by atoms with Crippen LogP contribution < -0.4 is 19.7 Å². The quantitative estimate of drug-likeness (QED) is 0.527. The molecule has 3 N–H and O–H groups in total. The monoisotopic (exact) mass is 497 g/mol. The molecule has 1 amide bonds. The number of pyridine rings is 1. The van der Waals surface area contributed by atoms with E-state index in [1.54, 1.807) is 0 Å². The number of fused-ring (bicyclic) bond motifs is 1. The third kappa shape index (κ3) is 5.63. The Bertz CT molecular complexity index is 1050. The van der Waals surface area contributed by atoms with Crippen molar-refractivity contribution in [1.29, 1.82) is 0 Å². The topological polar surface area (TPSA) is 93.6 Å². The normalized spacial score (nSPS) is 27.9. The molecule has 0 spiro atoms. The van der Waals surface area contributed by atoms with Crippen LogP contribution in [0.25, 0.3) is 5.52 Å². The van der Waals surface area contributed by atoms with Crippen molar-refractivity contribution in [3.63, 3.8) is 0 Å². The standard InChI is InChI=1S/C23H32N4O.C2HF3O2.H2/c1-3-7-26(2)15-19-20-6-4-5-8-27(20)21(24-19)22(28)25-23-12-16-9-17(13-23)11-18(10-16)14-23;3-2(4,5)1(6)7;/h4-6,8,16-18H,3,7,9-15H2,1-2H3,(H,25,28);(H,6,7);1H/p+1. The highest BCUT2D eigenvalue weighted by molar-refractivity contribution is 5.90. The molecular weight excluding hydrogens is 461 g/mol. The number of carbonyl (C=O) groups excluding carboxylic acids is 2. The number of aromatic amines is 1. The Morgan fingerprint density at radius 3 is 2.29 bits per heavy atom. The number of rotatable bonds is 6. The maximum Gasteiger partial charge on any atom is 0.430 e. The van der Waals surface area contributed by atoms with Gasteiger partial charge in [-0.2, -0.15) is 17.6 Å². The first-order chi connectivity index (χ1) is 16.5. The molecule has 7 nitrogen and oxygen atoms in total. The lowest BCUT2D eigenvalue weighted by Crippen LogP contribution is -3.07. The zero-order valence-electron chi connectivity index (χ0n) is 20.2. The fraction of sp³-hybridized carbons (Fsp3) is 0.640. The van der Waals surface area contributed by atoms with Crippen LogP contribution >= 0.6 is 0 Å². The molecule has 4 bridgehead atoms. The predicted molar refractivity (Wildman–Crippen MR) is 121 cm³/mol. The van der Waals surface area contributed by atoms with Gasteiger partial charge in [0.15, 0.2) is 5.52 Å². The Labute approximate surface area is 204 Å². The molecule has 0 saturated heterocycles. The molecule has 1 atom stereocenters. The molecule has 4 aliphatic carbocycles. The van der Waals surface area contributed by atoms with Crippen LogP contribution in [-0.2, 0) is 11.3 Å². The van der Waals surface area contributed by atoms with Crippen molar-refractivity contribution >= 4 is 17.4 Å². The van der Waals surface area contributed by atoms with E-state index in [0.29, 0.717) is 5.82 Å². The average molecular weight is 498 g/mol. The summed E-state index contributed by atoms with van der Waals surface area (Å²) in [6.07, 6.45) is 5.72. The maximum atomic E-state index is 13.4. The highest BCUT2D eigenvalue weighted by atomic mass is 19.4. The van der Waals surface area contributed by atoms with Crippen molar-refractivity contribution in [3.05, 3.63) is 35.9 Å². The second-order valence-corrected chi connectivity index (χ2v) is 10.7. The van der Waals surface area contributed by atoms with Gasteiger partial charge >= 0.3 is 17.9 Å². The molecule has 6 rings (SSSR count). The summed E-state index contributed by atoms with van der Waals surface area (Å²) < 4.78 is 33.6. The highest BCUT2D eigenvalue weighted by Gasteiger charge is 2.52. The molecular formula is C25H36F3N4O3+. The highest BCUT2D eigenvalue weighted by Crippen LogP contribution is 2.55. The van der Waals surface area contributed by atoms with E-state index in [4.69, 9.17) is 9.90 Å². The number of halogens is 3. The van der Waals surface area contributed by atoms with E-state index in [9.17, 15) is 18.0 Å². The SMILES string of the molecule is CCC[NH+](C)Cc1[nH]c(C(=O)NC23CC4CC(CC(C4)C2)C3)[n+]2ccccc12.O=C([O-])C(F)(F)F.[HH]. The minimum absolute atomic E-state index is 0. The van der Waals surface area contributed by atoms with Gasteiger partial charge in [0.1, 0.15) is 12.5 Å². The molecule has 4 fully saturated rings. The number of quaternary nitrogens is 1. The van der Waals surface area contributed by atoms with Crippen molar-refractivity contribution in [1.82, 2.24) is 10.3 Å². The van der Waals surface area contributed by atoms with E-state index in [2.05, 4.69) is 36.4 Å². The van der Waals surface area contributed by atoms with Crippen LogP contribution in [0.2, 0.25) is 0 Å². The number of alkyl halides is 3. The van der Waals surface area contributed by atoms with Gasteiger partial charge in [0.2, 0.25) is 5.69 Å². The Hall–Kier alpha value is -2.62. The van der Waals surface area contributed by atoms with Gasteiger partial charge < -0.3 is 20.1 Å². The lowest BCUT2D eigenvalue weighted by atomic mass is 9.53. The Morgan fingerprint density at radius 2 is 1.77 bits per heavy atom. The van der Waals surface area contributed by atoms with E-state index < -0.39 is 12.1 Å². The van der Waals surface area contributed by atoms with Gasteiger partial charge in [-0.3, -0.25) is 4.79 Å². The fourth-order valence-electron chi connectivity index (χ4n) is 6.83. The largest absolute Gasteiger partial charge is 0.542 e. The number of nitrogens with one attached hydrogen (secondary N) is 3. The Morgan fingerprint density at radius 1 is 1.20 bits per heavy atom. The first-order valence-corrected chi connectivity index (χ1v) is 12.4. The van der Waals surface area contributed by atoms with Crippen LogP contribution in [0.1, 0.15) is 69.6 Å². The van der Waals surface area contributed by atoms with Crippen LogP contribution in [0.3, 0.4) is 0 Å². The van der Waals surface area contributed by atoms with Crippen molar-refractivity contribution in [2.24, 2.45) is 17.8 Å². The van der Waals surface area contributed by atoms with Crippen LogP contribution in [0, 0.1) is 17.8 Å². The third-order valence-electron chi connectivity index (χ3n) is 7.70. The molecule has 2 aromatic heterocycles. The molecule has 2 aromatic rings. The summed E-state index contributed by atoms with van der Waals surface area (Å²) in [7, 11) is 2.22. The van der Waals surface area contributed by atoms with Crippen molar-refractivity contribution in [2.45, 2.75) is 70.1 Å². The van der Waals surface area contributed by atoms with E-state index in [0.717, 1.165) is 48.5 Å². The molecule has 35 heavy (non-hydrogen) atoms. The molecule has 10 heteroatoms. The fourth-order valence-corrected chi connectivity index (χ4v) is 6.83. The van der Waals surface area contributed by atoms with Gasteiger partial charge in [-0.1, -0.05) is 13.0 Å². The number of nitrogens with zero attached hydrogens (tertiary/aromatic N) is 1. The lowest BCUT2D eigenvalue weighted by molar-refractivity contribution is -0.894. The second kappa shape index (κ2) is 9.79. The first kappa shape index (κ1) is 25.5. The number of hydrogen-bond donors (Lipinski definition) is 3. The predicted octanol–water partition coefficient (Wildman–Crippen LogP) is 1.42. The van der Waals surface area contributed by atoms with Gasteiger partial charge in [0.25, 0.3) is 0 Å². The van der Waals surface area contributed by atoms with E-state index in [1.807, 2.05) is 16.7 Å². The van der Waals surface area contributed by atoms with Gasteiger partial charge in [0.05, 0.1) is 19.8 Å². The third-order valence-corrected chi connectivity index (χ3v) is 7.70. The number of carboxylic acid groups (broad SMARTS) is 1. The smallest absolute Gasteiger partial charge is 0.430 e. The van der Waals surface area contributed by atoms with Crippen molar-refractivity contribution in [2.75, 3.05) is 13.6 Å². The summed E-state index contributed by atoms with van der Waals surface area (Å²) in [5.74, 6) is 0.255. The molecule has 0 aliphatic heterocycles. The van der Waals surface area contributed by atoms with Gasteiger partial charge in [0, 0.05) is 6.97 Å². The summed E-state index contributed by atoms with van der Waals surface area (Å²) in [6.45, 7) is 4.26. The summed E-state index contributed by atoms with van der Waals surface area (Å²) in [5.41, 5.74) is 2.32. The molecule has 4 saturated carbocycles. The number of hydrogen-bond acceptors (Lipinski definition) is 3. The minimum Gasteiger partial charge on any atom is -0.542 e. The molecule has 0 aromatic carbocycles. The van der Waals surface area contributed by atoms with Gasteiger partial charge in [-0.25, -0.2) is 4.98 Å². The first-order valence-electron chi connectivity index (χ1n) is 12.4. The molecule has 1 unspecified atom stereocenters. The van der Waals surface area contributed by atoms with Gasteiger partial charge in [-0.05, 0) is 74.8 Å². The molecule has 0 radical (unpaired) electrons. The summed E-state index contributed by atoms with van der Waals surface area (Å²) in [5, 5.41) is 12.3. The van der Waals surface area contributed by atoms with Crippen LogP contribution in [0.4, 0.5) is 13.2 Å². The van der Waals surface area contributed by atoms with E-state index in [-0.39, 0.29) is 12.9 Å². The minimum atomic E-state index is -5.19. The van der Waals surface area contributed by atoms with Crippen LogP contribution in [0.5, 0.6) is 0 Å². The Balaban J connectivity index is 0.000000400. The number of carbonyl (C=O) groups is 2. The van der Waals surface area contributed by atoms with E-state index >= 15 is 0 Å². The number of aliphatic carboxylic acids is 1. The van der Waals surface area contributed by atoms with Crippen LogP contribution in [0.15, 0.2) is 24.4 Å². The maximum absolute atomic E-state index is 13.4. The molecule has 4 aliphatic rings. The Kier molecular flexibility index (Phi) is 7.13. The number of amides is 1. The summed E-state index contributed by atoms with van der Waals surface area (Å²) in [6, 6.07) is 6.18. The van der Waals surface area contributed by atoms with E-state index in [1.165, 1.54) is 43.4 Å². The summed E-state index contributed by atoms with van der Waals surface area (Å²) in [4.78, 5) is 27.1. The molecule has 194 valence electrons. The number of H-pyrrole nitrogens is 1. The molecule has 2 heterocycles. The van der Waals surface area contributed by atoms with Crippen molar-refractivity contribution in [3.8, 4) is 0 Å². The van der Waals surface area contributed by atoms with Crippen LogP contribution in [-0.4, -0.2) is 42.2 Å². The van der Waals surface area contributed by atoms with Gasteiger partial charge in [-0.15, -0.1) is 0 Å². The number of carboxylic acids is 1. The lowest BCUT2D eigenvalue weighted by Gasteiger charge is -2.56. The zero-order chi connectivity index (χ0) is 25.4. The average Bonchev–Trinajstić information content (AvgIpc) is 3.11. The number of imidazole rings is 1. The van der Waals surface area contributed by atoms with Crippen molar-refractivity contribution < 1.29 is 38.6 Å². The summed E-state index contributed by atoms with van der Waals surface area (Å²) >= 11 is 0. The zero-order valence-corrected chi connectivity index (χ0v) is 20.2. The second-order valence-electron chi connectivity index (χ2n) is 10.7.